The quantitative estimate of drug-likeness (QED) is 0.301. The van der Waals surface area contributed by atoms with Crippen molar-refractivity contribution in [1.29, 1.82) is 0 Å². The maximum absolute atomic E-state index is 15.5. The average Bonchev–Trinajstić information content (AvgIpc) is 3.31. The predicted molar refractivity (Wildman–Crippen MR) is 97.0 cm³/mol. The minimum atomic E-state index is -4.86. The Hall–Kier alpha value is -2.33. The van der Waals surface area contributed by atoms with Gasteiger partial charge in [0.2, 0.25) is 11.6 Å². The number of terminal acetylenes is 1. The van der Waals surface area contributed by atoms with E-state index in [1.165, 1.54) is 6.33 Å². The monoisotopic (exact) mass is 428 g/mol. The van der Waals surface area contributed by atoms with Crippen molar-refractivity contribution in [2.24, 2.45) is 0 Å². The topological polar surface area (TPSA) is 178 Å². The zero-order valence-corrected chi connectivity index (χ0v) is 15.7. The summed E-state index contributed by atoms with van der Waals surface area (Å²) in [5.41, 5.74) is 3.44. The summed E-state index contributed by atoms with van der Waals surface area (Å²) in [6, 6.07) is 0.238. The van der Waals surface area contributed by atoms with Crippen LogP contribution in [0.25, 0.3) is 11.2 Å². The van der Waals surface area contributed by atoms with Crippen molar-refractivity contribution >= 4 is 30.8 Å². The van der Waals surface area contributed by atoms with Crippen molar-refractivity contribution in [2.45, 2.75) is 43.0 Å². The zero-order valence-electron chi connectivity index (χ0n) is 14.8. The number of aromatic nitrogens is 4. The number of nitrogens with two attached hydrogens (primary N) is 1. The number of phosphoric acid groups is 1. The second-order valence-electron chi connectivity index (χ2n) is 6.84. The van der Waals surface area contributed by atoms with Gasteiger partial charge in [-0.15, -0.1) is 6.42 Å². The summed E-state index contributed by atoms with van der Waals surface area (Å²) in [5, 5.41) is 13.5. The van der Waals surface area contributed by atoms with E-state index in [2.05, 4.69) is 24.8 Å². The number of rotatable bonds is 6. The molecule has 1 saturated carbocycles. The molecule has 1 aliphatic carbocycles. The molecule has 29 heavy (non-hydrogen) atoms. The Kier molecular flexibility index (Phi) is 4.73. The van der Waals surface area contributed by atoms with Gasteiger partial charge in [-0.3, -0.25) is 9.09 Å². The van der Waals surface area contributed by atoms with Crippen LogP contribution in [0.2, 0.25) is 0 Å². The second-order valence-corrected chi connectivity index (χ2v) is 8.08. The Morgan fingerprint density at radius 2 is 2.24 bits per heavy atom. The van der Waals surface area contributed by atoms with Gasteiger partial charge in [-0.25, -0.2) is 13.9 Å². The molecule has 0 spiro atoms. The van der Waals surface area contributed by atoms with Gasteiger partial charge in [0.25, 0.3) is 0 Å². The maximum Gasteiger partial charge on any atom is 0.469 e. The molecule has 2 aromatic rings. The molecular formula is C15H18FN6O6P. The Bertz CT molecular complexity index is 1030. The molecule has 156 valence electrons. The summed E-state index contributed by atoms with van der Waals surface area (Å²) in [5.74, 6) is 2.15. The van der Waals surface area contributed by atoms with Crippen molar-refractivity contribution in [1.82, 2.24) is 19.5 Å². The number of phosphoric ester groups is 1. The van der Waals surface area contributed by atoms with Gasteiger partial charge in [0.15, 0.2) is 23.2 Å². The number of ether oxygens (including phenoxy) is 1. The third kappa shape index (κ3) is 3.66. The molecule has 0 radical (unpaired) electrons. The van der Waals surface area contributed by atoms with Crippen molar-refractivity contribution in [2.75, 3.05) is 17.7 Å². The molecule has 14 heteroatoms. The SMILES string of the molecule is C#C[C@@]1(F)[C@H](O)[C@@H](COP(=O)(O)O)O[C@H]1n1cnc2c(NC3CC3)nc(N)nc21. The van der Waals surface area contributed by atoms with Gasteiger partial charge in [-0.2, -0.15) is 9.97 Å². The van der Waals surface area contributed by atoms with Gasteiger partial charge < -0.3 is 30.7 Å². The standard InChI is InChI=1S/C15H18FN6O6P/c1-2-15(16)10(23)8(5-27-29(24,25)26)28-13(15)22-6-18-9-11(19-7-3-4-7)20-14(17)21-12(9)22/h1,6-8,10,13,23H,3-5H2,(H2,24,25,26)(H3,17,19,20,21)/t8-,10-,13-,15-/m1/s1. The van der Waals surface area contributed by atoms with Gasteiger partial charge in [0.05, 0.1) is 12.9 Å². The first kappa shape index (κ1) is 20.0. The van der Waals surface area contributed by atoms with Gasteiger partial charge in [-0.1, -0.05) is 5.92 Å². The highest BCUT2D eigenvalue weighted by Gasteiger charge is 2.58. The first-order valence-electron chi connectivity index (χ1n) is 8.59. The molecule has 1 saturated heterocycles. The first-order valence-corrected chi connectivity index (χ1v) is 10.1. The second kappa shape index (κ2) is 6.88. The number of halogens is 1. The lowest BCUT2D eigenvalue weighted by Gasteiger charge is -2.23. The van der Waals surface area contributed by atoms with Crippen molar-refractivity contribution in [3.05, 3.63) is 6.33 Å². The van der Waals surface area contributed by atoms with E-state index in [0.717, 1.165) is 17.4 Å². The summed E-state index contributed by atoms with van der Waals surface area (Å²) in [6.45, 7) is -0.784. The number of anilines is 2. The van der Waals surface area contributed by atoms with Crippen LogP contribution in [-0.2, 0) is 13.8 Å². The lowest BCUT2D eigenvalue weighted by Crippen LogP contribution is -2.42. The summed E-state index contributed by atoms with van der Waals surface area (Å²) >= 11 is 0. The van der Waals surface area contributed by atoms with Gasteiger partial charge >= 0.3 is 7.82 Å². The minimum Gasteiger partial charge on any atom is -0.386 e. The highest BCUT2D eigenvalue weighted by Crippen LogP contribution is 2.45. The molecule has 2 aromatic heterocycles. The Balaban J connectivity index is 1.71. The Labute approximate surface area is 163 Å². The molecule has 1 aliphatic heterocycles. The molecule has 2 aliphatic rings. The molecule has 6 N–H and O–H groups in total. The maximum atomic E-state index is 15.5. The molecule has 2 fully saturated rings. The van der Waals surface area contributed by atoms with Crippen molar-refractivity contribution < 1.29 is 33.1 Å². The summed E-state index contributed by atoms with van der Waals surface area (Å²) < 4.78 is 37.4. The number of fused-ring (bicyclic) bond motifs is 1. The average molecular weight is 428 g/mol. The van der Waals surface area contributed by atoms with E-state index in [4.69, 9.17) is 26.7 Å². The van der Waals surface area contributed by atoms with E-state index in [1.807, 2.05) is 5.92 Å². The molecule has 4 rings (SSSR count). The molecule has 0 aromatic carbocycles. The Morgan fingerprint density at radius 1 is 1.52 bits per heavy atom. The van der Waals surface area contributed by atoms with Crippen LogP contribution in [0.5, 0.6) is 0 Å². The highest BCUT2D eigenvalue weighted by molar-refractivity contribution is 7.46. The van der Waals surface area contributed by atoms with Gasteiger partial charge in [-0.05, 0) is 12.8 Å². The van der Waals surface area contributed by atoms with Crippen molar-refractivity contribution in [3.8, 4) is 12.3 Å². The zero-order chi connectivity index (χ0) is 21.0. The van der Waals surface area contributed by atoms with Crippen LogP contribution in [0.3, 0.4) is 0 Å². The number of nitrogens with zero attached hydrogens (tertiary/aromatic N) is 4. The summed E-state index contributed by atoms with van der Waals surface area (Å²) in [4.78, 5) is 30.1. The Morgan fingerprint density at radius 3 is 2.86 bits per heavy atom. The van der Waals surface area contributed by atoms with Crippen LogP contribution in [0.15, 0.2) is 6.33 Å². The summed E-state index contributed by atoms with van der Waals surface area (Å²) in [6.07, 6.45) is 3.49. The van der Waals surface area contributed by atoms with Crippen LogP contribution in [-0.4, -0.2) is 64.9 Å². The van der Waals surface area contributed by atoms with E-state index < -0.39 is 38.5 Å². The number of alkyl halides is 1. The molecule has 0 amide bonds. The van der Waals surface area contributed by atoms with Crippen LogP contribution in [0.4, 0.5) is 16.2 Å². The number of nitrogens with one attached hydrogen (secondary N) is 1. The van der Waals surface area contributed by atoms with Crippen LogP contribution < -0.4 is 11.1 Å². The van der Waals surface area contributed by atoms with E-state index >= 15 is 4.39 Å². The smallest absolute Gasteiger partial charge is 0.386 e. The normalized spacial score (nSPS) is 29.8. The lowest BCUT2D eigenvalue weighted by molar-refractivity contribution is -0.0496. The molecule has 12 nitrogen and oxygen atoms in total. The summed E-state index contributed by atoms with van der Waals surface area (Å²) in [7, 11) is -4.86. The third-order valence-electron chi connectivity index (χ3n) is 4.68. The number of aliphatic hydroxyl groups is 1. The molecule has 3 heterocycles. The van der Waals surface area contributed by atoms with E-state index in [0.29, 0.717) is 11.3 Å². The van der Waals surface area contributed by atoms with Crippen LogP contribution >= 0.6 is 7.82 Å². The highest BCUT2D eigenvalue weighted by atomic mass is 31.2. The van der Waals surface area contributed by atoms with E-state index in [9.17, 15) is 9.67 Å². The fourth-order valence-corrected chi connectivity index (χ4v) is 3.45. The van der Waals surface area contributed by atoms with E-state index in [-0.39, 0.29) is 17.6 Å². The fraction of sp³-hybridized carbons (Fsp3) is 0.533. The number of hydrogen-bond donors (Lipinski definition) is 5. The third-order valence-corrected chi connectivity index (χ3v) is 5.17. The van der Waals surface area contributed by atoms with Gasteiger partial charge in [0, 0.05) is 6.04 Å². The molecule has 0 unspecified atom stereocenters. The molecule has 4 atom stereocenters. The molecular weight excluding hydrogens is 410 g/mol. The molecule has 0 bridgehead atoms. The first-order chi connectivity index (χ1) is 13.6. The largest absolute Gasteiger partial charge is 0.469 e. The minimum absolute atomic E-state index is 0.0903. The lowest BCUT2D eigenvalue weighted by atomic mass is 9.97. The van der Waals surface area contributed by atoms with Crippen LogP contribution in [0, 0.1) is 12.3 Å². The number of hydrogen-bond acceptors (Lipinski definition) is 9. The van der Waals surface area contributed by atoms with Crippen molar-refractivity contribution in [3.63, 3.8) is 0 Å². The number of imidazole rings is 1. The van der Waals surface area contributed by atoms with Crippen LogP contribution in [0.1, 0.15) is 19.1 Å². The number of aliphatic hydroxyl groups excluding tert-OH is 1. The number of nitrogen functional groups attached to an aromatic ring is 1. The van der Waals surface area contributed by atoms with Gasteiger partial charge in [0.1, 0.15) is 12.2 Å². The fourth-order valence-electron chi connectivity index (χ4n) is 3.11. The predicted octanol–water partition coefficient (Wildman–Crippen LogP) is -0.308. The van der Waals surface area contributed by atoms with E-state index in [1.54, 1.807) is 0 Å².